The quantitative estimate of drug-likeness (QED) is 0.130. The molecule has 1 aliphatic heterocycles. The summed E-state index contributed by atoms with van der Waals surface area (Å²) in [6.07, 6.45) is 15.9. The molecule has 0 aromatic heterocycles. The highest BCUT2D eigenvalue weighted by atomic mass is 15.2. The van der Waals surface area contributed by atoms with Crippen molar-refractivity contribution in [1.29, 1.82) is 0 Å². The minimum atomic E-state index is 0.836. The third-order valence-corrected chi connectivity index (χ3v) is 7.49. The van der Waals surface area contributed by atoms with Gasteiger partial charge in [0.2, 0.25) is 11.4 Å². The molecule has 0 radical (unpaired) electrons. The number of hydrogen-bond acceptors (Lipinski definition) is 0. The van der Waals surface area contributed by atoms with Crippen LogP contribution in [0.3, 0.4) is 0 Å². The second-order valence-electron chi connectivity index (χ2n) is 10.7. The lowest BCUT2D eigenvalue weighted by molar-refractivity contribution is -0.345. The van der Waals surface area contributed by atoms with E-state index in [1.807, 2.05) is 0 Å². The molecule has 0 spiro atoms. The Bertz CT molecular complexity index is 1150. The van der Waals surface area contributed by atoms with Crippen molar-refractivity contribution in [3.8, 4) is 11.8 Å². The van der Waals surface area contributed by atoms with Crippen LogP contribution in [0.4, 0.5) is 0 Å². The van der Waals surface area contributed by atoms with Gasteiger partial charge in [0.25, 0.3) is 0 Å². The molecule has 2 heteroatoms. The third kappa shape index (κ3) is 8.04. The summed E-state index contributed by atoms with van der Waals surface area (Å²) in [4.78, 5) is 0. The lowest BCUT2D eigenvalue weighted by atomic mass is 9.95. The molecule has 1 aliphatic rings. The topological polar surface area (TPSA) is 25.3 Å². The van der Waals surface area contributed by atoms with Gasteiger partial charge in [0.05, 0.1) is 0 Å². The molecule has 0 aliphatic carbocycles. The van der Waals surface area contributed by atoms with Gasteiger partial charge in [-0.05, 0) is 80.3 Å². The lowest BCUT2D eigenvalue weighted by Gasteiger charge is -2.10. The predicted molar refractivity (Wildman–Crippen MR) is 164 cm³/mol. The smallest absolute Gasteiger partial charge is 0.223 e. The van der Waals surface area contributed by atoms with E-state index in [-0.39, 0.29) is 0 Å². The van der Waals surface area contributed by atoms with E-state index in [9.17, 15) is 5.53 Å². The normalized spacial score (nSPS) is 13.3. The monoisotopic (exact) mass is 508 g/mol. The fraction of sp³-hybridized carbons (Fsp3) is 0.500. The average molecular weight is 509 g/mol. The zero-order valence-corrected chi connectivity index (χ0v) is 24.4. The van der Waals surface area contributed by atoms with Crippen LogP contribution in [-0.4, -0.2) is 4.70 Å². The second kappa shape index (κ2) is 16.1. The summed E-state index contributed by atoms with van der Waals surface area (Å²) in [5.74, 6) is 6.96. The standard InChI is InChI=1S/C36H48N2/c1-5-9-13-15-18-30-23-27-32(28-24-30)36-34(20-16-14-10-6-2)33(19-12-8-4)35(38(36)37)31-25-21-29(22-26-31)17-11-7-3/h21-28H,5-15,17-19H2,1-4H3. The Morgan fingerprint density at radius 3 is 1.68 bits per heavy atom. The highest BCUT2D eigenvalue weighted by molar-refractivity contribution is 5.85. The maximum Gasteiger partial charge on any atom is 0.223 e. The summed E-state index contributed by atoms with van der Waals surface area (Å²) >= 11 is 0. The van der Waals surface area contributed by atoms with Crippen molar-refractivity contribution < 1.29 is 4.70 Å². The van der Waals surface area contributed by atoms with Crippen molar-refractivity contribution in [3.05, 3.63) is 87.5 Å². The van der Waals surface area contributed by atoms with Crippen molar-refractivity contribution in [1.82, 2.24) is 0 Å². The Labute approximate surface area is 232 Å². The van der Waals surface area contributed by atoms with Gasteiger partial charge in [0.1, 0.15) is 5.57 Å². The first-order valence-electron chi connectivity index (χ1n) is 15.3. The van der Waals surface area contributed by atoms with Crippen molar-refractivity contribution in [3.63, 3.8) is 0 Å². The van der Waals surface area contributed by atoms with Gasteiger partial charge in [-0.3, -0.25) is 0 Å². The Balaban J connectivity index is 2.00. The molecule has 38 heavy (non-hydrogen) atoms. The van der Waals surface area contributed by atoms with Crippen LogP contribution in [0.1, 0.15) is 127 Å². The summed E-state index contributed by atoms with van der Waals surface area (Å²) in [6, 6.07) is 17.6. The van der Waals surface area contributed by atoms with Gasteiger partial charge in [-0.25, -0.2) is 4.70 Å². The molecule has 1 heterocycles. The number of unbranched alkanes of at least 4 members (excludes halogenated alkanes) is 7. The summed E-state index contributed by atoms with van der Waals surface area (Å²) in [7, 11) is 0. The number of hydrogen-bond donors (Lipinski definition) is 0. The minimum Gasteiger partial charge on any atom is -0.493 e. The highest BCUT2D eigenvalue weighted by Crippen LogP contribution is 2.42. The summed E-state index contributed by atoms with van der Waals surface area (Å²) in [6.45, 7) is 8.92. The Morgan fingerprint density at radius 1 is 0.579 bits per heavy atom. The van der Waals surface area contributed by atoms with E-state index in [4.69, 9.17) is 0 Å². The number of allylic oxidation sites excluding steroid dienone is 2. The van der Waals surface area contributed by atoms with Crippen LogP contribution >= 0.6 is 0 Å². The van der Waals surface area contributed by atoms with Gasteiger partial charge in [-0.15, -0.1) is 0 Å². The first kappa shape index (κ1) is 29.6. The molecule has 0 fully saturated rings. The van der Waals surface area contributed by atoms with Crippen LogP contribution in [0.2, 0.25) is 0 Å². The molecule has 2 aromatic rings. The molecule has 3 rings (SSSR count). The van der Waals surface area contributed by atoms with Crippen molar-refractivity contribution in [2.75, 3.05) is 0 Å². The van der Waals surface area contributed by atoms with E-state index in [0.29, 0.717) is 0 Å². The Kier molecular flexibility index (Phi) is 12.6. The van der Waals surface area contributed by atoms with E-state index >= 15 is 0 Å². The van der Waals surface area contributed by atoms with Crippen molar-refractivity contribution in [2.45, 2.75) is 118 Å². The molecular formula is C36H48N2. The van der Waals surface area contributed by atoms with E-state index in [2.05, 4.69) is 88.1 Å². The maximum atomic E-state index is 11.7. The molecule has 0 N–H and O–H groups in total. The minimum absolute atomic E-state index is 0.836. The predicted octanol–water partition coefficient (Wildman–Crippen LogP) is 10.7. The summed E-state index contributed by atoms with van der Waals surface area (Å²) in [5.41, 5.74) is 20.5. The van der Waals surface area contributed by atoms with Crippen LogP contribution in [0.25, 0.3) is 16.9 Å². The number of aryl methyl sites for hydroxylation is 2. The maximum absolute atomic E-state index is 11.7. The molecule has 0 amide bonds. The van der Waals surface area contributed by atoms with Gasteiger partial charge in [-0.2, -0.15) is 0 Å². The second-order valence-corrected chi connectivity index (χ2v) is 10.7. The zero-order chi connectivity index (χ0) is 27.2. The molecule has 0 unspecified atom stereocenters. The van der Waals surface area contributed by atoms with Gasteiger partial charge in [0, 0.05) is 23.1 Å². The summed E-state index contributed by atoms with van der Waals surface area (Å²) < 4.78 is 1.44. The van der Waals surface area contributed by atoms with Crippen LogP contribution in [0, 0.1) is 11.8 Å². The van der Waals surface area contributed by atoms with Crippen LogP contribution in [-0.2, 0) is 12.8 Å². The summed E-state index contributed by atoms with van der Waals surface area (Å²) in [5, 5.41) is 0. The van der Waals surface area contributed by atoms with Gasteiger partial charge >= 0.3 is 0 Å². The fourth-order valence-electron chi connectivity index (χ4n) is 5.11. The van der Waals surface area contributed by atoms with Crippen LogP contribution in [0.15, 0.2) is 59.7 Å². The van der Waals surface area contributed by atoms with Crippen molar-refractivity contribution >= 4 is 11.4 Å². The highest BCUT2D eigenvalue weighted by Gasteiger charge is 2.35. The van der Waals surface area contributed by atoms with E-state index in [1.54, 1.807) is 0 Å². The average Bonchev–Trinajstić information content (AvgIpc) is 3.22. The van der Waals surface area contributed by atoms with E-state index in [1.165, 1.54) is 59.9 Å². The van der Waals surface area contributed by atoms with E-state index in [0.717, 1.165) is 79.5 Å². The first-order chi connectivity index (χ1) is 18.6. The first-order valence-corrected chi connectivity index (χ1v) is 15.3. The Morgan fingerprint density at radius 2 is 1.11 bits per heavy atom. The van der Waals surface area contributed by atoms with Gasteiger partial charge < -0.3 is 5.53 Å². The lowest BCUT2D eigenvalue weighted by Crippen LogP contribution is -2.03. The molecule has 0 saturated heterocycles. The Hall–Kier alpha value is -2.92. The fourth-order valence-corrected chi connectivity index (χ4v) is 5.11. The molecule has 0 saturated carbocycles. The number of rotatable bonds is 15. The zero-order valence-electron chi connectivity index (χ0n) is 24.4. The van der Waals surface area contributed by atoms with Gasteiger partial charge in [-0.1, -0.05) is 102 Å². The number of nitrogens with zero attached hydrogens (tertiary/aromatic N) is 2. The molecule has 2 aromatic carbocycles. The molecule has 2 nitrogen and oxygen atoms in total. The van der Waals surface area contributed by atoms with Gasteiger partial charge in [0.15, 0.2) is 0 Å². The largest absolute Gasteiger partial charge is 0.493 e. The SMILES string of the molecule is CCCCC#CC1=C(c2ccc(CCCCCC)cc2)[N+](=[N-])C(c2ccc(CCCC)cc2)=C1CCCC. The molecular weight excluding hydrogens is 460 g/mol. The van der Waals surface area contributed by atoms with E-state index < -0.39 is 0 Å². The van der Waals surface area contributed by atoms with Crippen LogP contribution < -0.4 is 0 Å². The molecule has 0 bridgehead atoms. The molecule has 0 atom stereocenters. The molecule has 202 valence electrons. The number of benzene rings is 2. The van der Waals surface area contributed by atoms with Crippen molar-refractivity contribution in [2.24, 2.45) is 0 Å². The third-order valence-electron chi connectivity index (χ3n) is 7.49. The van der Waals surface area contributed by atoms with Crippen LogP contribution in [0.5, 0.6) is 0 Å².